The van der Waals surface area contributed by atoms with Gasteiger partial charge in [0.25, 0.3) is 0 Å². The maximum Gasteiger partial charge on any atom is 0.153 e. The Kier molecular flexibility index (Phi) is 9.91. The maximum absolute atomic E-state index is 12.6. The van der Waals surface area contributed by atoms with Crippen LogP contribution in [0.4, 0.5) is 0 Å². The molecule has 0 saturated carbocycles. The van der Waals surface area contributed by atoms with Gasteiger partial charge < -0.3 is 90.8 Å². The third-order valence-electron chi connectivity index (χ3n) is 12.9. The SMILES string of the molecule is OC1=CCC(C2Oc3cc(O)cc(O)c3[C@H](c3c(O)cc(O)c4c3O[C@H](C3C=C(O)C(O)=CC3)[C@H](O)[C@H]4c3c(O)cc(O)c4c3O[C@H](C3C=C(O)C(O)=CC3)[C@H](O)C4)[C@H]2O)C=C1O. The maximum atomic E-state index is 12.6. The third-order valence-corrected chi connectivity index (χ3v) is 12.9. The van der Waals surface area contributed by atoms with Crippen molar-refractivity contribution in [1.29, 1.82) is 0 Å². The Hall–Kier alpha value is -7.02. The van der Waals surface area contributed by atoms with Crippen LogP contribution in [0.25, 0.3) is 0 Å². The summed E-state index contributed by atoms with van der Waals surface area (Å²) in [5.41, 5.74) is -1.02. The van der Waals surface area contributed by atoms with Crippen LogP contribution in [0, 0.1) is 17.8 Å². The molecule has 0 aromatic heterocycles. The Bertz CT molecular complexity index is 2600. The fourth-order valence-corrected chi connectivity index (χ4v) is 9.90. The fraction of sp³-hybridized carbons (Fsp3) is 0.333. The van der Waals surface area contributed by atoms with Crippen LogP contribution >= 0.6 is 0 Å². The van der Waals surface area contributed by atoms with E-state index in [1.807, 2.05) is 0 Å². The fourth-order valence-electron chi connectivity index (χ4n) is 9.90. The molecule has 3 aromatic rings. The number of rotatable bonds is 5. The first-order valence-electron chi connectivity index (χ1n) is 20.1. The summed E-state index contributed by atoms with van der Waals surface area (Å²) in [4.78, 5) is 0. The number of phenols is 6. The molecular weight excluding hydrogens is 828 g/mol. The molecule has 0 radical (unpaired) electrons. The number of benzene rings is 3. The highest BCUT2D eigenvalue weighted by molar-refractivity contribution is 5.70. The van der Waals surface area contributed by atoms with E-state index in [-0.39, 0.29) is 70.8 Å². The lowest BCUT2D eigenvalue weighted by atomic mass is 9.71. The summed E-state index contributed by atoms with van der Waals surface area (Å²) in [6, 6.07) is 3.95. The van der Waals surface area contributed by atoms with E-state index >= 15 is 0 Å². The van der Waals surface area contributed by atoms with Crippen LogP contribution in [-0.2, 0) is 6.42 Å². The second-order valence-corrected chi connectivity index (χ2v) is 16.7. The number of ether oxygens (including phenoxy) is 3. The Morgan fingerprint density at radius 2 is 0.825 bits per heavy atom. The number of phenolic OH excluding ortho intramolecular Hbond substituents is 6. The number of aromatic hydroxyl groups is 6. The molecule has 11 atom stereocenters. The number of hydrogen-bond donors (Lipinski definition) is 15. The van der Waals surface area contributed by atoms with E-state index in [9.17, 15) is 76.6 Å². The normalized spacial score (nSPS) is 31.1. The summed E-state index contributed by atoms with van der Waals surface area (Å²) in [5.74, 6) is -13.1. The van der Waals surface area contributed by atoms with Gasteiger partial charge in [-0.05, 0) is 55.7 Å². The first kappa shape index (κ1) is 41.3. The van der Waals surface area contributed by atoms with E-state index in [2.05, 4.69) is 0 Å². The molecule has 63 heavy (non-hydrogen) atoms. The zero-order valence-electron chi connectivity index (χ0n) is 32.9. The van der Waals surface area contributed by atoms with Gasteiger partial charge in [-0.15, -0.1) is 0 Å². The van der Waals surface area contributed by atoms with Crippen molar-refractivity contribution in [3.8, 4) is 51.7 Å². The molecule has 0 fully saturated rings. The van der Waals surface area contributed by atoms with Gasteiger partial charge in [0.1, 0.15) is 82.3 Å². The van der Waals surface area contributed by atoms with Gasteiger partial charge in [0.15, 0.2) is 34.6 Å². The predicted molar refractivity (Wildman–Crippen MR) is 217 cm³/mol. The molecule has 18 heteroatoms. The highest BCUT2D eigenvalue weighted by Crippen LogP contribution is 2.61. The zero-order chi connectivity index (χ0) is 44.9. The molecule has 9 rings (SSSR count). The Morgan fingerprint density at radius 3 is 1.33 bits per heavy atom. The molecule has 18 nitrogen and oxygen atoms in total. The summed E-state index contributed by atoms with van der Waals surface area (Å²) < 4.78 is 19.1. The largest absolute Gasteiger partial charge is 0.508 e. The van der Waals surface area contributed by atoms with Gasteiger partial charge in [-0.3, -0.25) is 0 Å². The van der Waals surface area contributed by atoms with Crippen molar-refractivity contribution in [3.63, 3.8) is 0 Å². The first-order chi connectivity index (χ1) is 29.9. The van der Waals surface area contributed by atoms with Crippen molar-refractivity contribution in [2.45, 2.75) is 74.1 Å². The quantitative estimate of drug-likeness (QED) is 0.164. The highest BCUT2D eigenvalue weighted by Gasteiger charge is 2.52. The van der Waals surface area contributed by atoms with E-state index in [1.165, 1.54) is 36.5 Å². The minimum absolute atomic E-state index is 0.0162. The van der Waals surface area contributed by atoms with E-state index in [0.717, 1.165) is 24.3 Å². The first-order valence-corrected chi connectivity index (χ1v) is 20.1. The summed E-state index contributed by atoms with van der Waals surface area (Å²) in [5, 5.41) is 167. The van der Waals surface area contributed by atoms with Crippen molar-refractivity contribution < 1.29 is 90.8 Å². The van der Waals surface area contributed by atoms with Crippen LogP contribution in [0.5, 0.6) is 51.7 Å². The highest BCUT2D eigenvalue weighted by atomic mass is 16.5. The zero-order valence-corrected chi connectivity index (χ0v) is 32.9. The molecule has 332 valence electrons. The second-order valence-electron chi connectivity index (χ2n) is 16.7. The van der Waals surface area contributed by atoms with Gasteiger partial charge in [0.05, 0.1) is 17.9 Å². The Balaban J connectivity index is 1.27. The minimum atomic E-state index is -1.81. The van der Waals surface area contributed by atoms with E-state index in [4.69, 9.17) is 14.2 Å². The summed E-state index contributed by atoms with van der Waals surface area (Å²) in [7, 11) is 0. The van der Waals surface area contributed by atoms with Crippen molar-refractivity contribution in [1.82, 2.24) is 0 Å². The average Bonchev–Trinajstić information content (AvgIpc) is 3.22. The summed E-state index contributed by atoms with van der Waals surface area (Å²) in [6.07, 6.45) is -1.45. The average molecular weight is 873 g/mol. The number of aliphatic hydroxyl groups excluding tert-OH is 9. The molecule has 0 amide bonds. The molecule has 3 aliphatic carbocycles. The molecular formula is C45H44O18. The lowest BCUT2D eigenvalue weighted by Gasteiger charge is -2.45. The number of aliphatic hydroxyl groups is 9. The second kappa shape index (κ2) is 15.1. The van der Waals surface area contributed by atoms with Gasteiger partial charge in [0, 0.05) is 76.3 Å². The molecule has 15 N–H and O–H groups in total. The van der Waals surface area contributed by atoms with Gasteiger partial charge in [0.2, 0.25) is 0 Å². The van der Waals surface area contributed by atoms with E-state index < -0.39 is 135 Å². The molecule has 3 aliphatic heterocycles. The lowest BCUT2D eigenvalue weighted by Crippen LogP contribution is -2.48. The van der Waals surface area contributed by atoms with Crippen molar-refractivity contribution in [2.24, 2.45) is 17.8 Å². The van der Waals surface area contributed by atoms with Gasteiger partial charge in [-0.2, -0.15) is 0 Å². The Labute approximate surface area is 356 Å². The van der Waals surface area contributed by atoms with Gasteiger partial charge in [-0.25, -0.2) is 0 Å². The molecule has 4 unspecified atom stereocenters. The van der Waals surface area contributed by atoms with Crippen LogP contribution in [-0.4, -0.2) is 113 Å². The van der Waals surface area contributed by atoms with E-state index in [0.29, 0.717) is 0 Å². The standard InChI is InChI=1S/C45H44O18/c46-18-10-27(54)33-32(11-18)61-42(16-2-5-21(48)25(52)8-16)39(59)37(33)35-29(56)14-30(57)36-38(40(60)43(63-45(35)36)17-3-6-22(49)26(53)9-17)34-28(55)13-23(50)19-12-31(58)41(62-44(19)34)15-1-4-20(47)24(51)7-15/h4-11,13-17,31,37-43,46-60H,1-3,12H2/t15?,16?,17?,31-,37-,38+,39-,40-,41-,42?,43-/m1/s1. The van der Waals surface area contributed by atoms with Gasteiger partial charge >= 0.3 is 0 Å². The van der Waals surface area contributed by atoms with Crippen LogP contribution in [0.1, 0.15) is 58.9 Å². The topological polar surface area (TPSA) is 331 Å². The Morgan fingerprint density at radius 1 is 0.413 bits per heavy atom. The van der Waals surface area contributed by atoms with Crippen LogP contribution in [0.2, 0.25) is 0 Å². The lowest BCUT2D eigenvalue weighted by molar-refractivity contribution is -0.0258. The summed E-state index contributed by atoms with van der Waals surface area (Å²) in [6.45, 7) is 0. The molecule has 0 bridgehead atoms. The summed E-state index contributed by atoms with van der Waals surface area (Å²) >= 11 is 0. The van der Waals surface area contributed by atoms with Crippen molar-refractivity contribution >= 4 is 0 Å². The third kappa shape index (κ3) is 6.68. The minimum Gasteiger partial charge on any atom is -0.508 e. The molecule has 3 aromatic carbocycles. The van der Waals surface area contributed by atoms with Crippen LogP contribution < -0.4 is 14.2 Å². The smallest absolute Gasteiger partial charge is 0.153 e. The van der Waals surface area contributed by atoms with Crippen LogP contribution in [0.3, 0.4) is 0 Å². The number of hydrogen-bond acceptors (Lipinski definition) is 18. The van der Waals surface area contributed by atoms with Crippen molar-refractivity contribution in [3.05, 3.63) is 123 Å². The van der Waals surface area contributed by atoms with Gasteiger partial charge in [-0.1, -0.05) is 0 Å². The number of fused-ring (bicyclic) bond motifs is 3. The van der Waals surface area contributed by atoms with Crippen molar-refractivity contribution in [2.75, 3.05) is 0 Å². The molecule has 0 spiro atoms. The van der Waals surface area contributed by atoms with Crippen LogP contribution in [0.15, 0.2) is 95.3 Å². The molecule has 3 heterocycles. The molecule has 6 aliphatic rings. The number of allylic oxidation sites excluding steroid dienone is 3. The molecule has 0 saturated heterocycles. The van der Waals surface area contributed by atoms with E-state index in [1.54, 1.807) is 0 Å². The monoisotopic (exact) mass is 872 g/mol. The predicted octanol–water partition coefficient (Wildman–Crippen LogP) is 4.80.